The van der Waals surface area contributed by atoms with E-state index in [9.17, 15) is 19.5 Å². The van der Waals surface area contributed by atoms with Crippen LogP contribution >= 0.6 is 0 Å². The average molecular weight is 573 g/mol. The number of hydrazone groups is 1. The van der Waals surface area contributed by atoms with E-state index in [1.165, 1.54) is 20.4 Å². The van der Waals surface area contributed by atoms with Crippen molar-refractivity contribution in [2.24, 2.45) is 5.10 Å². The van der Waals surface area contributed by atoms with Gasteiger partial charge in [-0.15, -0.1) is 0 Å². The fourth-order valence-electron chi connectivity index (χ4n) is 3.84. The van der Waals surface area contributed by atoms with Gasteiger partial charge in [-0.3, -0.25) is 5.43 Å². The lowest BCUT2D eigenvalue weighted by molar-refractivity contribution is -0.139. The highest BCUT2D eigenvalue weighted by Gasteiger charge is 2.32. The number of nitrogens with zero attached hydrogens (tertiary/aromatic N) is 1. The molecule has 220 valence electrons. The predicted molar refractivity (Wildman–Crippen MR) is 145 cm³/mol. The molecule has 0 bridgehead atoms. The quantitative estimate of drug-likeness (QED) is 0.0959. The number of allylic oxidation sites excluding steroid dienone is 1. The third-order valence-electron chi connectivity index (χ3n) is 5.65. The lowest BCUT2D eigenvalue weighted by Crippen LogP contribution is -2.45. The van der Waals surface area contributed by atoms with Gasteiger partial charge in [0, 0.05) is 5.70 Å². The van der Waals surface area contributed by atoms with Crippen LogP contribution in [0.5, 0.6) is 23.0 Å². The van der Waals surface area contributed by atoms with Gasteiger partial charge in [0.15, 0.2) is 35.8 Å². The second-order valence-corrected chi connectivity index (χ2v) is 8.51. The molecule has 0 radical (unpaired) electrons. The molecule has 0 saturated heterocycles. The Bertz CT molecular complexity index is 1330. The van der Waals surface area contributed by atoms with Gasteiger partial charge in [0.05, 0.1) is 38.7 Å². The van der Waals surface area contributed by atoms with Crippen LogP contribution in [0.1, 0.15) is 31.0 Å². The summed E-state index contributed by atoms with van der Waals surface area (Å²) in [7, 11) is 2.68. The third kappa shape index (κ3) is 8.25. The van der Waals surface area contributed by atoms with Gasteiger partial charge in [-0.25, -0.2) is 14.4 Å². The zero-order chi connectivity index (χ0) is 29.9. The summed E-state index contributed by atoms with van der Waals surface area (Å²) in [5.41, 5.74) is 4.33. The van der Waals surface area contributed by atoms with Crippen LogP contribution < -0.4 is 35.0 Å². The highest BCUT2D eigenvalue weighted by atomic mass is 16.5. The molecule has 1 aliphatic rings. The first-order chi connectivity index (χ1) is 19.7. The van der Waals surface area contributed by atoms with Crippen molar-refractivity contribution in [3.63, 3.8) is 0 Å². The Labute approximate surface area is 235 Å². The maximum absolute atomic E-state index is 12.4. The highest BCUT2D eigenvalue weighted by Crippen LogP contribution is 2.35. The largest absolute Gasteiger partial charge is 0.493 e. The molecule has 0 fully saturated rings. The van der Waals surface area contributed by atoms with E-state index < -0.39 is 36.8 Å². The van der Waals surface area contributed by atoms with Crippen LogP contribution in [-0.2, 0) is 14.3 Å². The number of hydrogen-bond acceptors (Lipinski definition) is 11. The molecule has 2 aromatic rings. The van der Waals surface area contributed by atoms with Crippen molar-refractivity contribution < 1.29 is 48.3 Å². The van der Waals surface area contributed by atoms with Crippen molar-refractivity contribution >= 4 is 24.2 Å². The van der Waals surface area contributed by atoms with Crippen molar-refractivity contribution in [3.8, 4) is 23.0 Å². The van der Waals surface area contributed by atoms with E-state index in [1.807, 2.05) is 0 Å². The highest BCUT2D eigenvalue weighted by molar-refractivity contribution is 5.95. The molecular weight excluding hydrogens is 540 g/mol. The molecule has 2 amide bonds. The molecule has 5 N–H and O–H groups in total. The molecule has 0 aliphatic carbocycles. The number of nitrogens with one attached hydrogen (secondary N) is 3. The lowest BCUT2D eigenvalue weighted by atomic mass is 9.95. The number of carboxylic acids is 1. The summed E-state index contributed by atoms with van der Waals surface area (Å²) in [6.45, 7) is 3.01. The summed E-state index contributed by atoms with van der Waals surface area (Å²) >= 11 is 0. The van der Waals surface area contributed by atoms with E-state index >= 15 is 0 Å². The van der Waals surface area contributed by atoms with Gasteiger partial charge in [-0.05, 0) is 55.3 Å². The molecule has 1 heterocycles. The Balaban J connectivity index is 1.66. The summed E-state index contributed by atoms with van der Waals surface area (Å²) in [4.78, 5) is 35.2. The van der Waals surface area contributed by atoms with E-state index in [0.717, 1.165) is 0 Å². The standard InChI is InChI=1S/C27H32N4O10/c1-5-39-21-11-17(25-24(26(35)38-4)15(2)29-27(36)30-25)7-9-19(21)40-13-22(32)31-28-12-16-6-8-18(20(10-16)37-3)41-14-23(33)34/h6-12,22,25,31-32H,5,13-14H2,1-4H3,(H,33,34)(H2,29,30,36)/b28-12-/t22-,25+/m0/s1. The van der Waals surface area contributed by atoms with Crippen molar-refractivity contribution in [2.75, 3.05) is 34.0 Å². The number of carbonyl (C=O) groups is 3. The number of urea groups is 1. The van der Waals surface area contributed by atoms with Gasteiger partial charge >= 0.3 is 18.0 Å². The number of rotatable bonds is 14. The Morgan fingerprint density at radius 3 is 2.49 bits per heavy atom. The molecule has 0 unspecified atom stereocenters. The van der Waals surface area contributed by atoms with Crippen LogP contribution in [0, 0.1) is 0 Å². The van der Waals surface area contributed by atoms with Crippen molar-refractivity contribution in [2.45, 2.75) is 26.1 Å². The Morgan fingerprint density at radius 2 is 1.80 bits per heavy atom. The van der Waals surface area contributed by atoms with Crippen LogP contribution in [0.3, 0.4) is 0 Å². The molecule has 1 aliphatic heterocycles. The van der Waals surface area contributed by atoms with Gasteiger partial charge in [-0.2, -0.15) is 5.10 Å². The number of aliphatic hydroxyl groups excluding tert-OH is 1. The van der Waals surface area contributed by atoms with Crippen LogP contribution in [0.2, 0.25) is 0 Å². The molecule has 14 nitrogen and oxygen atoms in total. The minimum Gasteiger partial charge on any atom is -0.493 e. The molecule has 0 aromatic heterocycles. The SMILES string of the molecule is CCOc1cc([C@H]2NC(=O)NC(C)=C2C(=O)OC)ccc1OC[C@H](O)N/N=C\c1ccc(OCC(=O)O)c(OC)c1. The molecule has 3 rings (SSSR count). The van der Waals surface area contributed by atoms with Gasteiger partial charge in [0.1, 0.15) is 6.61 Å². The molecule has 2 atom stereocenters. The molecule has 14 heteroatoms. The molecule has 0 spiro atoms. The number of carboxylic acid groups (broad SMARTS) is 1. The van der Waals surface area contributed by atoms with Gasteiger partial charge in [0.2, 0.25) is 0 Å². The topological polar surface area (TPSA) is 186 Å². The minimum absolute atomic E-state index is 0.196. The molecule has 2 aromatic carbocycles. The van der Waals surface area contributed by atoms with E-state index in [0.29, 0.717) is 40.7 Å². The van der Waals surface area contributed by atoms with Crippen molar-refractivity contribution in [1.82, 2.24) is 16.1 Å². The predicted octanol–water partition coefficient (Wildman–Crippen LogP) is 1.68. The molecular formula is C27H32N4O10. The summed E-state index contributed by atoms with van der Waals surface area (Å²) in [6, 6.07) is 8.44. The van der Waals surface area contributed by atoms with Crippen molar-refractivity contribution in [1.29, 1.82) is 0 Å². The number of ether oxygens (including phenoxy) is 5. The third-order valence-corrected chi connectivity index (χ3v) is 5.65. The first-order valence-electron chi connectivity index (χ1n) is 12.4. The average Bonchev–Trinajstić information content (AvgIpc) is 2.95. The monoisotopic (exact) mass is 572 g/mol. The lowest BCUT2D eigenvalue weighted by Gasteiger charge is -2.28. The van der Waals surface area contributed by atoms with Gasteiger partial charge < -0.3 is 44.5 Å². The molecule has 41 heavy (non-hydrogen) atoms. The minimum atomic E-state index is -1.19. The fourth-order valence-corrected chi connectivity index (χ4v) is 3.84. The summed E-state index contributed by atoms with van der Waals surface area (Å²) in [5.74, 6) is -0.457. The van der Waals surface area contributed by atoms with Gasteiger partial charge in [0.25, 0.3) is 0 Å². The maximum Gasteiger partial charge on any atom is 0.341 e. The van der Waals surface area contributed by atoms with E-state index in [1.54, 1.807) is 50.2 Å². The van der Waals surface area contributed by atoms with Crippen LogP contribution in [-0.4, -0.2) is 74.7 Å². The van der Waals surface area contributed by atoms with Crippen LogP contribution in [0.4, 0.5) is 4.79 Å². The number of aliphatic carboxylic acids is 1. The molecule has 0 saturated carbocycles. The maximum atomic E-state index is 12.4. The Hall–Kier alpha value is -4.98. The van der Waals surface area contributed by atoms with Crippen LogP contribution in [0.25, 0.3) is 0 Å². The van der Waals surface area contributed by atoms with Crippen molar-refractivity contribution in [3.05, 3.63) is 58.8 Å². The number of carbonyl (C=O) groups excluding carboxylic acids is 2. The number of benzene rings is 2. The number of amides is 2. The summed E-state index contributed by atoms with van der Waals surface area (Å²) in [6.07, 6.45) is 0.232. The van der Waals surface area contributed by atoms with E-state index in [2.05, 4.69) is 21.2 Å². The number of hydrogen-bond donors (Lipinski definition) is 5. The second kappa shape index (κ2) is 14.4. The Kier molecular flexibility index (Phi) is 10.7. The number of methoxy groups -OCH3 is 2. The Morgan fingerprint density at radius 1 is 1.07 bits per heavy atom. The van der Waals surface area contributed by atoms with E-state index in [-0.39, 0.29) is 17.9 Å². The van der Waals surface area contributed by atoms with E-state index in [4.69, 9.17) is 28.8 Å². The summed E-state index contributed by atoms with van der Waals surface area (Å²) in [5, 5.41) is 28.4. The number of aliphatic hydroxyl groups is 1. The normalized spacial score (nSPS) is 15.4. The van der Waals surface area contributed by atoms with Crippen LogP contribution in [0.15, 0.2) is 52.8 Å². The summed E-state index contributed by atoms with van der Waals surface area (Å²) < 4.78 is 26.7. The zero-order valence-electron chi connectivity index (χ0n) is 22.9. The second-order valence-electron chi connectivity index (χ2n) is 8.51. The first-order valence-corrected chi connectivity index (χ1v) is 12.4. The number of esters is 1. The van der Waals surface area contributed by atoms with Gasteiger partial charge in [-0.1, -0.05) is 6.07 Å². The first kappa shape index (κ1) is 30.6. The zero-order valence-corrected chi connectivity index (χ0v) is 22.9. The fraction of sp³-hybridized carbons (Fsp3) is 0.333. The smallest absolute Gasteiger partial charge is 0.341 e.